The number of hydrogen-bond acceptors (Lipinski definition) is 8. The van der Waals surface area contributed by atoms with Crippen LogP contribution < -0.4 is 9.64 Å². The summed E-state index contributed by atoms with van der Waals surface area (Å²) < 4.78 is 7.26. The van der Waals surface area contributed by atoms with Gasteiger partial charge in [-0.25, -0.2) is 4.98 Å². The number of benzene rings is 1. The number of nitrogens with zero attached hydrogens (tertiary/aromatic N) is 5. The average molecular weight is 488 g/mol. The molecular weight excluding hydrogens is 466 g/mol. The second kappa shape index (κ2) is 8.80. The van der Waals surface area contributed by atoms with E-state index in [1.165, 1.54) is 16.2 Å². The van der Waals surface area contributed by atoms with E-state index in [4.69, 9.17) is 4.74 Å². The fourth-order valence-electron chi connectivity index (χ4n) is 4.16. The van der Waals surface area contributed by atoms with Gasteiger partial charge < -0.3 is 9.84 Å². The van der Waals surface area contributed by atoms with Crippen molar-refractivity contribution < 1.29 is 19.4 Å². The summed E-state index contributed by atoms with van der Waals surface area (Å²) in [6.45, 7) is 7.49. The van der Waals surface area contributed by atoms with Crippen molar-refractivity contribution in [3.63, 3.8) is 0 Å². The lowest BCUT2D eigenvalue weighted by Crippen LogP contribution is -2.29. The SMILES string of the molecule is C=CCOc1ccc(C2C(=C(O)c3c(C)nc4ccccn34)C(=O)C(=O)N2c2nnc(C)s2)cc1. The van der Waals surface area contributed by atoms with Crippen LogP contribution in [-0.2, 0) is 9.59 Å². The number of amides is 1. The van der Waals surface area contributed by atoms with Crippen LogP contribution in [0.5, 0.6) is 5.75 Å². The molecule has 176 valence electrons. The van der Waals surface area contributed by atoms with Crippen LogP contribution >= 0.6 is 11.3 Å². The van der Waals surface area contributed by atoms with Crippen molar-refractivity contribution in [1.82, 2.24) is 19.6 Å². The lowest BCUT2D eigenvalue weighted by atomic mass is 9.96. The van der Waals surface area contributed by atoms with Crippen molar-refractivity contribution in [2.75, 3.05) is 11.5 Å². The van der Waals surface area contributed by atoms with Crippen molar-refractivity contribution in [3.8, 4) is 5.75 Å². The second-order valence-electron chi connectivity index (χ2n) is 7.92. The number of anilines is 1. The van der Waals surface area contributed by atoms with E-state index in [9.17, 15) is 14.7 Å². The van der Waals surface area contributed by atoms with Crippen LogP contribution in [0.25, 0.3) is 11.4 Å². The number of ether oxygens (including phenoxy) is 1. The molecule has 0 saturated carbocycles. The molecule has 35 heavy (non-hydrogen) atoms. The van der Waals surface area contributed by atoms with E-state index in [2.05, 4.69) is 21.8 Å². The summed E-state index contributed by atoms with van der Waals surface area (Å²) >= 11 is 1.19. The van der Waals surface area contributed by atoms with Gasteiger partial charge in [0, 0.05) is 6.20 Å². The number of ketones is 1. The monoisotopic (exact) mass is 487 g/mol. The van der Waals surface area contributed by atoms with Gasteiger partial charge >= 0.3 is 5.91 Å². The normalized spacial score (nSPS) is 17.3. The fraction of sp³-hybridized carbons (Fsp3) is 0.160. The largest absolute Gasteiger partial charge is 0.505 e. The van der Waals surface area contributed by atoms with Crippen LogP contribution in [0.4, 0.5) is 5.13 Å². The molecule has 9 nitrogen and oxygen atoms in total. The number of Topliss-reactive ketones (excluding diaryl/α,β-unsaturated/α-hetero) is 1. The Kier molecular flexibility index (Phi) is 5.65. The third kappa shape index (κ3) is 3.77. The maximum absolute atomic E-state index is 13.4. The summed E-state index contributed by atoms with van der Waals surface area (Å²) in [5.74, 6) is -1.29. The van der Waals surface area contributed by atoms with E-state index in [0.717, 1.165) is 0 Å². The smallest absolute Gasteiger partial charge is 0.301 e. The van der Waals surface area contributed by atoms with Gasteiger partial charge in [0.2, 0.25) is 5.13 Å². The van der Waals surface area contributed by atoms with Gasteiger partial charge in [-0.2, -0.15) is 0 Å². The van der Waals surface area contributed by atoms with Crippen LogP contribution in [-0.4, -0.2) is 43.0 Å². The molecule has 0 aliphatic carbocycles. The maximum Gasteiger partial charge on any atom is 0.301 e. The molecule has 1 N–H and O–H groups in total. The molecule has 1 atom stereocenters. The minimum atomic E-state index is -0.913. The topological polar surface area (TPSA) is 110 Å². The number of rotatable bonds is 6. The molecule has 1 aromatic carbocycles. The standard InChI is InChI=1S/C25H21N5O4S/c1-4-13-34-17-10-8-16(9-11-17)21-19(23(32)24(33)30(21)25-28-27-15(3)35-25)22(31)20-14(2)26-18-7-5-6-12-29(18)20/h4-12,21,31H,1,13H2,2-3H3. The molecule has 4 heterocycles. The number of fused-ring (bicyclic) bond motifs is 1. The lowest BCUT2D eigenvalue weighted by Gasteiger charge is -2.22. The van der Waals surface area contributed by atoms with Crippen molar-refractivity contribution in [3.05, 3.63) is 88.8 Å². The van der Waals surface area contributed by atoms with Crippen molar-refractivity contribution >= 4 is 39.6 Å². The highest BCUT2D eigenvalue weighted by molar-refractivity contribution is 7.15. The first-order valence-corrected chi connectivity index (χ1v) is 11.6. The minimum Gasteiger partial charge on any atom is -0.505 e. The molecule has 0 spiro atoms. The van der Waals surface area contributed by atoms with Crippen LogP contribution in [0, 0.1) is 13.8 Å². The molecule has 1 saturated heterocycles. The quantitative estimate of drug-likeness (QED) is 0.189. The molecule has 1 unspecified atom stereocenters. The van der Waals surface area contributed by atoms with Gasteiger partial charge in [0.15, 0.2) is 5.76 Å². The molecule has 4 aromatic rings. The highest BCUT2D eigenvalue weighted by atomic mass is 32.1. The van der Waals surface area contributed by atoms with Gasteiger partial charge in [0.05, 0.1) is 17.3 Å². The van der Waals surface area contributed by atoms with Crippen LogP contribution in [0.3, 0.4) is 0 Å². The van der Waals surface area contributed by atoms with E-state index in [1.807, 2.05) is 6.07 Å². The summed E-state index contributed by atoms with van der Waals surface area (Å²) in [5.41, 5.74) is 2.05. The van der Waals surface area contributed by atoms with Gasteiger partial charge in [-0.1, -0.05) is 42.2 Å². The molecule has 1 aliphatic rings. The third-order valence-corrected chi connectivity index (χ3v) is 6.50. The van der Waals surface area contributed by atoms with Crippen molar-refractivity contribution in [2.45, 2.75) is 19.9 Å². The van der Waals surface area contributed by atoms with Gasteiger partial charge in [0.25, 0.3) is 5.78 Å². The average Bonchev–Trinajstić information content (AvgIpc) is 3.51. The van der Waals surface area contributed by atoms with Gasteiger partial charge in [0.1, 0.15) is 28.7 Å². The third-order valence-electron chi connectivity index (χ3n) is 5.66. The van der Waals surface area contributed by atoms with E-state index >= 15 is 0 Å². The highest BCUT2D eigenvalue weighted by Gasteiger charge is 2.48. The predicted octanol–water partition coefficient (Wildman–Crippen LogP) is 3.99. The molecule has 10 heteroatoms. The Labute approximate surface area is 204 Å². The number of aliphatic hydroxyl groups excluding tert-OH is 1. The highest BCUT2D eigenvalue weighted by Crippen LogP contribution is 2.43. The molecule has 0 bridgehead atoms. The summed E-state index contributed by atoms with van der Waals surface area (Å²) in [5, 5.41) is 20.5. The van der Waals surface area contributed by atoms with E-state index in [0.29, 0.717) is 40.0 Å². The molecular formula is C25H21N5O4S. The number of aromatic nitrogens is 4. The molecule has 5 rings (SSSR count). The Morgan fingerprint density at radius 1 is 1.17 bits per heavy atom. The maximum atomic E-state index is 13.4. The summed E-state index contributed by atoms with van der Waals surface area (Å²) in [7, 11) is 0. The summed E-state index contributed by atoms with van der Waals surface area (Å²) in [6, 6.07) is 11.5. The van der Waals surface area contributed by atoms with Gasteiger partial charge in [-0.15, -0.1) is 10.2 Å². The molecule has 1 fully saturated rings. The van der Waals surface area contributed by atoms with Gasteiger partial charge in [-0.05, 0) is 43.7 Å². The first-order chi connectivity index (χ1) is 16.9. The Bertz CT molecular complexity index is 1500. The molecule has 1 aliphatic heterocycles. The van der Waals surface area contributed by atoms with Crippen molar-refractivity contribution in [2.24, 2.45) is 0 Å². The van der Waals surface area contributed by atoms with E-state index < -0.39 is 17.7 Å². The number of imidazole rings is 1. The van der Waals surface area contributed by atoms with Crippen LogP contribution in [0.1, 0.15) is 28.0 Å². The molecule has 1 amide bonds. The lowest BCUT2D eigenvalue weighted by molar-refractivity contribution is -0.132. The van der Waals surface area contributed by atoms with E-state index in [1.54, 1.807) is 66.9 Å². The van der Waals surface area contributed by atoms with E-state index in [-0.39, 0.29) is 16.5 Å². The summed E-state index contributed by atoms with van der Waals surface area (Å²) in [6.07, 6.45) is 3.38. The van der Waals surface area contributed by atoms with Crippen LogP contribution in [0.2, 0.25) is 0 Å². The Hall–Kier alpha value is -4.31. The first-order valence-electron chi connectivity index (χ1n) is 10.8. The van der Waals surface area contributed by atoms with Gasteiger partial charge in [-0.3, -0.25) is 18.9 Å². The molecule has 3 aromatic heterocycles. The summed E-state index contributed by atoms with van der Waals surface area (Å²) in [4.78, 5) is 32.4. The second-order valence-corrected chi connectivity index (χ2v) is 9.08. The fourth-order valence-corrected chi connectivity index (χ4v) is 4.87. The zero-order chi connectivity index (χ0) is 24.7. The Morgan fingerprint density at radius 3 is 2.63 bits per heavy atom. The van der Waals surface area contributed by atoms with Crippen LogP contribution in [0.15, 0.2) is 66.9 Å². The Morgan fingerprint density at radius 2 is 1.94 bits per heavy atom. The van der Waals surface area contributed by atoms with Crippen molar-refractivity contribution in [1.29, 1.82) is 0 Å². The number of carbonyl (C=O) groups excluding carboxylic acids is 2. The predicted molar refractivity (Wildman–Crippen MR) is 131 cm³/mol. The minimum absolute atomic E-state index is 0.0450. The number of carbonyl (C=O) groups is 2. The zero-order valence-corrected chi connectivity index (χ0v) is 19.8. The molecule has 0 radical (unpaired) electrons. The number of hydrogen-bond donors (Lipinski definition) is 1. The number of pyridine rings is 1. The first kappa shape index (κ1) is 22.5. The number of aliphatic hydroxyl groups is 1. The Balaban J connectivity index is 1.71. The zero-order valence-electron chi connectivity index (χ0n) is 19.0. The number of aryl methyl sites for hydroxylation is 2.